The number of ether oxygens (including phenoxy) is 1. The van der Waals surface area contributed by atoms with Crippen molar-refractivity contribution < 1.29 is 31.9 Å². The van der Waals surface area contributed by atoms with Crippen LogP contribution in [0, 0.1) is 0 Å². The predicted octanol–water partition coefficient (Wildman–Crippen LogP) is 4.35. The number of hydrogen-bond acceptors (Lipinski definition) is 7. The molecule has 184 valence electrons. The third kappa shape index (κ3) is 5.70. The highest BCUT2D eigenvalue weighted by molar-refractivity contribution is 6.31. The number of fused-ring (bicyclic) bond motifs is 1. The van der Waals surface area contributed by atoms with E-state index in [9.17, 15) is 22.8 Å². The largest absolute Gasteiger partial charge is 0.476 e. The summed E-state index contributed by atoms with van der Waals surface area (Å²) in [6.45, 7) is 1.32. The summed E-state index contributed by atoms with van der Waals surface area (Å²) in [4.78, 5) is 39.0. The topological polar surface area (TPSA) is 110 Å². The smallest absolute Gasteiger partial charge is 0.392 e. The molecule has 0 bridgehead atoms. The highest BCUT2D eigenvalue weighted by atomic mass is 35.5. The third-order valence-corrected chi connectivity index (χ3v) is 5.63. The first-order valence-corrected chi connectivity index (χ1v) is 10.8. The number of nitrogens with one attached hydrogen (secondary N) is 1. The fraction of sp³-hybridized carbons (Fsp3) is 0.318. The van der Waals surface area contributed by atoms with E-state index < -0.39 is 25.2 Å². The molecule has 3 aromatic heterocycles. The molecule has 1 aliphatic heterocycles. The molecule has 3 aromatic rings. The van der Waals surface area contributed by atoms with Gasteiger partial charge in [0.1, 0.15) is 16.6 Å². The Labute approximate surface area is 202 Å². The molecule has 0 radical (unpaired) electrons. The summed E-state index contributed by atoms with van der Waals surface area (Å²) in [5.74, 6) is -0.124. The number of carbonyl (C=O) groups excluding carboxylic acids is 2. The van der Waals surface area contributed by atoms with E-state index in [1.165, 1.54) is 31.1 Å². The monoisotopic (exact) mass is 509 g/mol. The maximum atomic E-state index is 13.1. The summed E-state index contributed by atoms with van der Waals surface area (Å²) >= 11 is 6.15. The Morgan fingerprint density at radius 3 is 2.83 bits per heavy atom. The zero-order valence-electron chi connectivity index (χ0n) is 18.3. The summed E-state index contributed by atoms with van der Waals surface area (Å²) in [5.41, 5.74) is 1.51. The summed E-state index contributed by atoms with van der Waals surface area (Å²) in [5, 5.41) is 2.73. The van der Waals surface area contributed by atoms with E-state index >= 15 is 0 Å². The lowest BCUT2D eigenvalue weighted by atomic mass is 10.1. The second-order valence-electron chi connectivity index (χ2n) is 7.76. The standard InChI is InChI=1S/C22H19ClF3N5O4/c1-12(13-6-17(23)20(29-8-13)34-5-3-22(24,25)26)31-10-16-15(21(31)33)2-4-28-19(16)30-18(32)7-14-9-27-11-35-14/h2,4,6,8-9,11-12H,3,5,7,10H2,1H3,(H,28,30,32). The number of alkyl halides is 3. The van der Waals surface area contributed by atoms with E-state index in [4.69, 9.17) is 20.8 Å². The van der Waals surface area contributed by atoms with Crippen molar-refractivity contribution in [1.82, 2.24) is 19.9 Å². The summed E-state index contributed by atoms with van der Waals surface area (Å²) in [7, 11) is 0. The van der Waals surface area contributed by atoms with Gasteiger partial charge in [-0.3, -0.25) is 9.59 Å². The number of pyridine rings is 2. The number of carbonyl (C=O) groups is 2. The molecule has 0 aromatic carbocycles. The highest BCUT2D eigenvalue weighted by Gasteiger charge is 2.34. The van der Waals surface area contributed by atoms with Crippen molar-refractivity contribution in [2.75, 3.05) is 11.9 Å². The minimum Gasteiger partial charge on any atom is -0.476 e. The van der Waals surface area contributed by atoms with Gasteiger partial charge in [0, 0.05) is 23.5 Å². The van der Waals surface area contributed by atoms with Crippen LogP contribution in [0.4, 0.5) is 19.0 Å². The average Bonchev–Trinajstić information content (AvgIpc) is 3.42. The summed E-state index contributed by atoms with van der Waals surface area (Å²) in [6, 6.07) is 2.58. The first-order chi connectivity index (χ1) is 16.6. The van der Waals surface area contributed by atoms with E-state index in [-0.39, 0.29) is 41.5 Å². The predicted molar refractivity (Wildman–Crippen MR) is 117 cm³/mol. The molecule has 1 aliphatic rings. The van der Waals surface area contributed by atoms with Crippen LogP contribution < -0.4 is 10.1 Å². The molecule has 0 spiro atoms. The lowest BCUT2D eigenvalue weighted by molar-refractivity contribution is -0.139. The number of halogens is 4. The van der Waals surface area contributed by atoms with E-state index in [0.717, 1.165) is 0 Å². The van der Waals surface area contributed by atoms with Crippen LogP contribution in [0.15, 0.2) is 41.5 Å². The van der Waals surface area contributed by atoms with Gasteiger partial charge in [0.25, 0.3) is 5.91 Å². The third-order valence-electron chi connectivity index (χ3n) is 5.35. The first kappa shape index (κ1) is 24.5. The van der Waals surface area contributed by atoms with Gasteiger partial charge in [0.05, 0.1) is 38.2 Å². The molecule has 4 rings (SSSR count). The Morgan fingerprint density at radius 1 is 1.34 bits per heavy atom. The van der Waals surface area contributed by atoms with Gasteiger partial charge in [-0.15, -0.1) is 0 Å². The summed E-state index contributed by atoms with van der Waals surface area (Å²) < 4.78 is 47.1. The Bertz CT molecular complexity index is 1240. The minimum atomic E-state index is -4.35. The van der Waals surface area contributed by atoms with Crippen molar-refractivity contribution in [2.24, 2.45) is 0 Å². The molecule has 0 fully saturated rings. The van der Waals surface area contributed by atoms with Crippen LogP contribution in [0.5, 0.6) is 5.88 Å². The molecule has 1 N–H and O–H groups in total. The van der Waals surface area contributed by atoms with Crippen LogP contribution in [-0.4, -0.2) is 44.4 Å². The molecule has 0 aliphatic carbocycles. The van der Waals surface area contributed by atoms with Crippen LogP contribution in [0.25, 0.3) is 0 Å². The average molecular weight is 510 g/mol. The van der Waals surface area contributed by atoms with Crippen molar-refractivity contribution in [3.8, 4) is 5.88 Å². The van der Waals surface area contributed by atoms with E-state index in [0.29, 0.717) is 22.5 Å². The van der Waals surface area contributed by atoms with Crippen LogP contribution >= 0.6 is 11.6 Å². The minimum absolute atomic E-state index is 0.0303. The van der Waals surface area contributed by atoms with Gasteiger partial charge in [-0.2, -0.15) is 13.2 Å². The Hall–Kier alpha value is -3.67. The van der Waals surface area contributed by atoms with Crippen LogP contribution in [-0.2, 0) is 17.8 Å². The van der Waals surface area contributed by atoms with Gasteiger partial charge in [-0.05, 0) is 24.6 Å². The van der Waals surface area contributed by atoms with Gasteiger partial charge < -0.3 is 19.4 Å². The molecule has 13 heteroatoms. The SMILES string of the molecule is CC(c1cnc(OCCC(F)(F)F)c(Cl)c1)N1Cc2c(ccnc2NC(=O)Cc2cnco2)C1=O. The number of hydrogen-bond donors (Lipinski definition) is 1. The zero-order valence-corrected chi connectivity index (χ0v) is 19.1. The van der Waals surface area contributed by atoms with Crippen molar-refractivity contribution in [3.05, 3.63) is 64.6 Å². The second-order valence-corrected chi connectivity index (χ2v) is 8.16. The molecule has 35 heavy (non-hydrogen) atoms. The maximum Gasteiger partial charge on any atom is 0.392 e. The number of aromatic nitrogens is 3. The summed E-state index contributed by atoms with van der Waals surface area (Å²) in [6.07, 6.45) is -0.0395. The van der Waals surface area contributed by atoms with Gasteiger partial charge >= 0.3 is 6.18 Å². The lowest BCUT2D eigenvalue weighted by Gasteiger charge is -2.25. The van der Waals surface area contributed by atoms with Gasteiger partial charge in [0.2, 0.25) is 11.8 Å². The van der Waals surface area contributed by atoms with Crippen molar-refractivity contribution in [1.29, 1.82) is 0 Å². The van der Waals surface area contributed by atoms with E-state index in [2.05, 4.69) is 20.3 Å². The molecule has 4 heterocycles. The van der Waals surface area contributed by atoms with E-state index in [1.54, 1.807) is 17.9 Å². The molecule has 9 nitrogen and oxygen atoms in total. The molecule has 1 unspecified atom stereocenters. The maximum absolute atomic E-state index is 13.1. The molecular weight excluding hydrogens is 491 g/mol. The highest BCUT2D eigenvalue weighted by Crippen LogP contribution is 2.35. The first-order valence-electron chi connectivity index (χ1n) is 10.4. The number of amides is 2. The number of nitrogens with zero attached hydrogens (tertiary/aromatic N) is 4. The zero-order chi connectivity index (χ0) is 25.2. The lowest BCUT2D eigenvalue weighted by Crippen LogP contribution is -2.27. The fourth-order valence-electron chi connectivity index (χ4n) is 3.55. The van der Waals surface area contributed by atoms with Crippen molar-refractivity contribution in [2.45, 2.75) is 38.5 Å². The van der Waals surface area contributed by atoms with Crippen molar-refractivity contribution in [3.63, 3.8) is 0 Å². The number of anilines is 1. The molecule has 2 amide bonds. The number of oxazole rings is 1. The van der Waals surface area contributed by atoms with Gasteiger partial charge in [0.15, 0.2) is 6.39 Å². The molecule has 0 saturated heterocycles. The number of rotatable bonds is 8. The Morgan fingerprint density at radius 2 is 2.14 bits per heavy atom. The molecular formula is C22H19ClF3N5O4. The van der Waals surface area contributed by atoms with Crippen molar-refractivity contribution >= 4 is 29.2 Å². The quantitative estimate of drug-likeness (QED) is 0.480. The van der Waals surface area contributed by atoms with Crippen LogP contribution in [0.2, 0.25) is 5.02 Å². The fourth-order valence-corrected chi connectivity index (χ4v) is 3.78. The molecule has 0 saturated carbocycles. The second kappa shape index (κ2) is 9.90. The van der Waals surface area contributed by atoms with Gasteiger partial charge in [-0.1, -0.05) is 11.6 Å². The van der Waals surface area contributed by atoms with Gasteiger partial charge in [-0.25, -0.2) is 15.0 Å². The Kier molecular flexibility index (Phi) is 6.92. The van der Waals surface area contributed by atoms with Crippen LogP contribution in [0.3, 0.4) is 0 Å². The van der Waals surface area contributed by atoms with E-state index in [1.807, 2.05) is 0 Å². The molecule has 1 atom stereocenters. The van der Waals surface area contributed by atoms with Crippen LogP contribution in [0.1, 0.15) is 46.6 Å². The Balaban J connectivity index is 1.45. The normalized spacial score (nSPS) is 14.1.